The van der Waals surface area contributed by atoms with E-state index < -0.39 is 11.6 Å². The Balaban J connectivity index is 2.66. The summed E-state index contributed by atoms with van der Waals surface area (Å²) < 4.78 is 10.5. The SMILES string of the molecule is CCC(C)OC(=O)C#C[C@H]1[C@@H](C(=O)OC(C)(C)C)C1(C)C. The fourth-order valence-corrected chi connectivity index (χ4v) is 2.14. The highest BCUT2D eigenvalue weighted by Gasteiger charge is 2.62. The summed E-state index contributed by atoms with van der Waals surface area (Å²) in [6.07, 6.45) is 0.615. The lowest BCUT2D eigenvalue weighted by molar-refractivity contribution is -0.157. The van der Waals surface area contributed by atoms with Gasteiger partial charge < -0.3 is 9.47 Å². The van der Waals surface area contributed by atoms with E-state index in [0.717, 1.165) is 6.42 Å². The van der Waals surface area contributed by atoms with Crippen molar-refractivity contribution in [2.75, 3.05) is 0 Å². The maximum absolute atomic E-state index is 12.1. The molecule has 0 aliphatic heterocycles. The number of rotatable bonds is 3. The van der Waals surface area contributed by atoms with Gasteiger partial charge in [-0.15, -0.1) is 0 Å². The third kappa shape index (κ3) is 4.77. The van der Waals surface area contributed by atoms with Crippen LogP contribution in [0.4, 0.5) is 0 Å². The minimum Gasteiger partial charge on any atom is -0.460 e. The molecule has 0 heterocycles. The summed E-state index contributed by atoms with van der Waals surface area (Å²) in [6, 6.07) is 0. The molecule has 1 fully saturated rings. The van der Waals surface area contributed by atoms with Gasteiger partial charge in [0, 0.05) is 11.8 Å². The highest BCUT2D eigenvalue weighted by molar-refractivity contribution is 5.89. The molecule has 1 saturated carbocycles. The molecule has 0 aromatic carbocycles. The molecule has 0 aromatic heterocycles. The fourth-order valence-electron chi connectivity index (χ4n) is 2.14. The first kappa shape index (κ1) is 17.6. The first-order chi connectivity index (χ1) is 9.49. The van der Waals surface area contributed by atoms with E-state index in [1.807, 2.05) is 48.5 Å². The molecule has 0 radical (unpaired) electrons. The van der Waals surface area contributed by atoms with E-state index in [9.17, 15) is 9.59 Å². The standard InChI is InChI=1S/C17H26O4/c1-8-11(2)20-13(18)10-9-12-14(17(12,6)7)15(19)21-16(3,4)5/h11-12,14H,8H2,1-7H3/t11?,12-,14-/m0/s1. The fraction of sp³-hybridized carbons (Fsp3) is 0.765. The minimum atomic E-state index is -0.532. The molecule has 1 aliphatic rings. The third-order valence-electron chi connectivity index (χ3n) is 3.70. The molecule has 0 saturated heterocycles. The van der Waals surface area contributed by atoms with Crippen molar-refractivity contribution in [1.82, 2.24) is 0 Å². The molecule has 118 valence electrons. The number of carbonyl (C=O) groups is 2. The van der Waals surface area contributed by atoms with Crippen molar-refractivity contribution in [1.29, 1.82) is 0 Å². The number of hydrogen-bond donors (Lipinski definition) is 0. The molecule has 4 heteroatoms. The van der Waals surface area contributed by atoms with Gasteiger partial charge in [-0.1, -0.05) is 26.7 Å². The van der Waals surface area contributed by atoms with E-state index in [1.54, 1.807) is 0 Å². The van der Waals surface area contributed by atoms with Crippen LogP contribution in [-0.2, 0) is 19.1 Å². The predicted molar refractivity (Wildman–Crippen MR) is 80.2 cm³/mol. The summed E-state index contributed by atoms with van der Waals surface area (Å²) in [4.78, 5) is 23.7. The number of esters is 2. The summed E-state index contributed by atoms with van der Waals surface area (Å²) >= 11 is 0. The molecule has 0 amide bonds. The topological polar surface area (TPSA) is 52.6 Å². The molecule has 3 atom stereocenters. The van der Waals surface area contributed by atoms with Crippen LogP contribution >= 0.6 is 0 Å². The van der Waals surface area contributed by atoms with Crippen LogP contribution in [0.1, 0.15) is 54.9 Å². The van der Waals surface area contributed by atoms with Crippen molar-refractivity contribution in [2.24, 2.45) is 17.3 Å². The zero-order valence-electron chi connectivity index (χ0n) is 14.1. The van der Waals surface area contributed by atoms with Crippen LogP contribution in [0.25, 0.3) is 0 Å². The van der Waals surface area contributed by atoms with Crippen LogP contribution in [0.2, 0.25) is 0 Å². The molecule has 1 rings (SSSR count). The van der Waals surface area contributed by atoms with Crippen LogP contribution in [0, 0.1) is 29.1 Å². The zero-order valence-corrected chi connectivity index (χ0v) is 14.1. The Hall–Kier alpha value is -1.50. The molecule has 1 unspecified atom stereocenters. The maximum atomic E-state index is 12.1. The third-order valence-corrected chi connectivity index (χ3v) is 3.70. The maximum Gasteiger partial charge on any atom is 0.384 e. The van der Waals surface area contributed by atoms with Crippen LogP contribution in [-0.4, -0.2) is 23.6 Å². The Morgan fingerprint density at radius 2 is 1.86 bits per heavy atom. The van der Waals surface area contributed by atoms with Gasteiger partial charge >= 0.3 is 11.9 Å². The molecule has 0 N–H and O–H groups in total. The molecule has 0 bridgehead atoms. The van der Waals surface area contributed by atoms with Crippen LogP contribution in [0.3, 0.4) is 0 Å². The van der Waals surface area contributed by atoms with Crippen molar-refractivity contribution >= 4 is 11.9 Å². The molecule has 21 heavy (non-hydrogen) atoms. The quantitative estimate of drug-likeness (QED) is 0.456. The summed E-state index contributed by atoms with van der Waals surface area (Å²) in [5, 5.41) is 0. The van der Waals surface area contributed by atoms with Crippen molar-refractivity contribution in [3.8, 4) is 11.8 Å². The second-order valence-corrected chi connectivity index (χ2v) is 7.20. The van der Waals surface area contributed by atoms with Crippen molar-refractivity contribution in [2.45, 2.75) is 66.6 Å². The van der Waals surface area contributed by atoms with E-state index in [4.69, 9.17) is 9.47 Å². The minimum absolute atomic E-state index is 0.138. The van der Waals surface area contributed by atoms with Crippen molar-refractivity contribution < 1.29 is 19.1 Å². The molecular formula is C17H26O4. The molecule has 0 aromatic rings. The van der Waals surface area contributed by atoms with Gasteiger partial charge in [0.15, 0.2) is 0 Å². The average molecular weight is 294 g/mol. The second kappa shape index (κ2) is 6.09. The van der Waals surface area contributed by atoms with Gasteiger partial charge in [-0.2, -0.15) is 0 Å². The van der Waals surface area contributed by atoms with Gasteiger partial charge in [0.05, 0.1) is 12.0 Å². The summed E-state index contributed by atoms with van der Waals surface area (Å²) in [7, 11) is 0. The van der Waals surface area contributed by atoms with E-state index in [2.05, 4.69) is 11.8 Å². The second-order valence-electron chi connectivity index (χ2n) is 7.20. The lowest BCUT2D eigenvalue weighted by Crippen LogP contribution is -2.26. The van der Waals surface area contributed by atoms with E-state index in [1.165, 1.54) is 0 Å². The van der Waals surface area contributed by atoms with Crippen LogP contribution in [0.5, 0.6) is 0 Å². The van der Waals surface area contributed by atoms with Gasteiger partial charge in [0.25, 0.3) is 0 Å². The summed E-state index contributed by atoms with van der Waals surface area (Å²) in [5.74, 6) is 4.15. The van der Waals surface area contributed by atoms with E-state index in [0.29, 0.717) is 0 Å². The normalized spacial score (nSPS) is 24.3. The largest absolute Gasteiger partial charge is 0.460 e. The molecule has 0 spiro atoms. The van der Waals surface area contributed by atoms with Gasteiger partial charge in [-0.25, -0.2) is 4.79 Å². The Kier molecular flexibility index (Phi) is 5.09. The van der Waals surface area contributed by atoms with Crippen LogP contribution < -0.4 is 0 Å². The van der Waals surface area contributed by atoms with Crippen LogP contribution in [0.15, 0.2) is 0 Å². The average Bonchev–Trinajstić information content (AvgIpc) is 2.86. The lowest BCUT2D eigenvalue weighted by atomic mass is 10.1. The van der Waals surface area contributed by atoms with Gasteiger partial charge in [-0.3, -0.25) is 4.79 Å². The molecule has 4 nitrogen and oxygen atoms in total. The highest BCUT2D eigenvalue weighted by Crippen LogP contribution is 2.58. The predicted octanol–water partition coefficient (Wildman–Crippen LogP) is 2.95. The van der Waals surface area contributed by atoms with Gasteiger partial charge in [0.1, 0.15) is 5.60 Å². The summed E-state index contributed by atoms with van der Waals surface area (Å²) in [6.45, 7) is 13.2. The first-order valence-corrected chi connectivity index (χ1v) is 7.44. The number of hydrogen-bond acceptors (Lipinski definition) is 4. The van der Waals surface area contributed by atoms with Crippen molar-refractivity contribution in [3.63, 3.8) is 0 Å². The summed E-state index contributed by atoms with van der Waals surface area (Å²) in [5.41, 5.74) is -0.769. The van der Waals surface area contributed by atoms with Gasteiger partial charge in [0.2, 0.25) is 0 Å². The zero-order chi connectivity index (χ0) is 16.4. The smallest absolute Gasteiger partial charge is 0.384 e. The lowest BCUT2D eigenvalue weighted by Gasteiger charge is -2.19. The monoisotopic (exact) mass is 294 g/mol. The van der Waals surface area contributed by atoms with Crippen molar-refractivity contribution in [3.05, 3.63) is 0 Å². The number of carbonyl (C=O) groups excluding carboxylic acids is 2. The Bertz CT molecular complexity index is 473. The van der Waals surface area contributed by atoms with E-state index >= 15 is 0 Å². The Morgan fingerprint density at radius 1 is 1.29 bits per heavy atom. The number of ether oxygens (including phenoxy) is 2. The first-order valence-electron chi connectivity index (χ1n) is 7.44. The highest BCUT2D eigenvalue weighted by atomic mass is 16.6. The Labute approximate surface area is 127 Å². The Morgan fingerprint density at radius 3 is 2.33 bits per heavy atom. The van der Waals surface area contributed by atoms with E-state index in [-0.39, 0.29) is 29.3 Å². The molecule has 1 aliphatic carbocycles. The molecular weight excluding hydrogens is 268 g/mol. The van der Waals surface area contributed by atoms with Gasteiger partial charge in [-0.05, 0) is 39.5 Å².